The number of benzene rings is 2. The monoisotopic (exact) mass is 460 g/mol. The molecule has 2 bridgehead atoms. The van der Waals surface area contributed by atoms with E-state index >= 15 is 0 Å². The number of ether oxygens (including phenoxy) is 1. The minimum atomic E-state index is -0.768. The van der Waals surface area contributed by atoms with Crippen LogP contribution < -0.4 is 5.32 Å². The van der Waals surface area contributed by atoms with Gasteiger partial charge in [0, 0.05) is 16.5 Å². The molecule has 0 atom stereocenters. The van der Waals surface area contributed by atoms with Gasteiger partial charge >= 0.3 is 5.97 Å². The molecule has 178 valence electrons. The predicted molar refractivity (Wildman–Crippen MR) is 131 cm³/mol. The van der Waals surface area contributed by atoms with E-state index in [-0.39, 0.29) is 17.3 Å². The fourth-order valence-electron chi connectivity index (χ4n) is 5.20. The van der Waals surface area contributed by atoms with Crippen molar-refractivity contribution in [3.63, 3.8) is 0 Å². The fourth-order valence-corrected chi connectivity index (χ4v) is 5.20. The Labute approximate surface area is 200 Å². The molecule has 0 spiro atoms. The van der Waals surface area contributed by atoms with Crippen molar-refractivity contribution in [1.29, 1.82) is 0 Å². The molecule has 2 aliphatic heterocycles. The molecular formula is C28H32N2O4. The number of aliphatic carboxylic acids is 1. The van der Waals surface area contributed by atoms with Crippen LogP contribution in [-0.2, 0) is 20.4 Å². The third-order valence-corrected chi connectivity index (χ3v) is 7.46. The normalized spacial score (nSPS) is 24.2. The van der Waals surface area contributed by atoms with Crippen molar-refractivity contribution in [2.24, 2.45) is 0 Å². The van der Waals surface area contributed by atoms with Crippen LogP contribution in [0.15, 0.2) is 59.1 Å². The van der Waals surface area contributed by atoms with Gasteiger partial charge in [0.2, 0.25) is 0 Å². The van der Waals surface area contributed by atoms with Gasteiger partial charge in [0.25, 0.3) is 6.01 Å². The molecule has 6 rings (SSSR count). The van der Waals surface area contributed by atoms with E-state index < -0.39 is 11.6 Å². The highest BCUT2D eigenvalue weighted by atomic mass is 16.5. The zero-order chi connectivity index (χ0) is 24.0. The minimum absolute atomic E-state index is 0.00844. The summed E-state index contributed by atoms with van der Waals surface area (Å²) in [5, 5.41) is 12.5. The molecule has 2 N–H and O–H groups in total. The first-order valence-electron chi connectivity index (χ1n) is 12.0. The summed E-state index contributed by atoms with van der Waals surface area (Å²) in [7, 11) is 0. The molecule has 3 aliphatic rings. The maximum Gasteiger partial charge on any atom is 0.306 e. The zero-order valence-corrected chi connectivity index (χ0v) is 20.1. The second-order valence-corrected chi connectivity index (χ2v) is 10.9. The SMILES string of the molecule is CC(C)(C)c1cnc(Nc2ccc(-c3ccc(C45CCC(CC(=O)O)(CC4)OC5)cc3)cc2)o1. The van der Waals surface area contributed by atoms with E-state index in [2.05, 4.69) is 67.5 Å². The van der Waals surface area contributed by atoms with Crippen molar-refractivity contribution >= 4 is 17.7 Å². The lowest BCUT2D eigenvalue weighted by Gasteiger charge is -2.53. The van der Waals surface area contributed by atoms with Crippen molar-refractivity contribution in [3.05, 3.63) is 66.1 Å². The molecule has 3 fully saturated rings. The van der Waals surface area contributed by atoms with Crippen LogP contribution in [0.5, 0.6) is 0 Å². The topological polar surface area (TPSA) is 84.6 Å². The Morgan fingerprint density at radius 3 is 2.12 bits per heavy atom. The highest BCUT2D eigenvalue weighted by Crippen LogP contribution is 2.51. The summed E-state index contributed by atoms with van der Waals surface area (Å²) in [6.45, 7) is 6.90. The number of nitrogens with one attached hydrogen (secondary N) is 1. The summed E-state index contributed by atoms with van der Waals surface area (Å²) in [6.07, 6.45) is 5.48. The summed E-state index contributed by atoms with van der Waals surface area (Å²) >= 11 is 0. The van der Waals surface area contributed by atoms with Crippen molar-refractivity contribution in [3.8, 4) is 11.1 Å². The van der Waals surface area contributed by atoms with E-state index in [0.717, 1.165) is 48.3 Å². The highest BCUT2D eigenvalue weighted by molar-refractivity contribution is 5.69. The number of hydrogen-bond donors (Lipinski definition) is 2. The molecule has 3 aromatic rings. The molecule has 1 aromatic heterocycles. The van der Waals surface area contributed by atoms with Crippen LogP contribution in [0.2, 0.25) is 0 Å². The quantitative estimate of drug-likeness (QED) is 0.440. The average Bonchev–Trinajstić information content (AvgIpc) is 3.30. The molecule has 0 amide bonds. The number of aromatic nitrogens is 1. The Kier molecular flexibility index (Phi) is 5.52. The molecule has 6 nitrogen and oxygen atoms in total. The van der Waals surface area contributed by atoms with Gasteiger partial charge < -0.3 is 19.6 Å². The molecule has 1 aliphatic carbocycles. The molecule has 2 saturated heterocycles. The summed E-state index contributed by atoms with van der Waals surface area (Å²) in [5.41, 5.74) is 3.99. The number of carbonyl (C=O) groups is 1. The van der Waals surface area contributed by atoms with E-state index in [1.165, 1.54) is 5.56 Å². The van der Waals surface area contributed by atoms with Crippen LogP contribution >= 0.6 is 0 Å². The third-order valence-electron chi connectivity index (χ3n) is 7.46. The maximum atomic E-state index is 11.2. The van der Waals surface area contributed by atoms with Crippen LogP contribution in [0, 0.1) is 0 Å². The standard InChI is InChI=1S/C28H32N2O4/c1-26(2,3)23-17-29-25(34-23)30-22-10-6-20(7-11-22)19-4-8-21(9-5-19)27-12-14-28(15-13-27,33-18-27)16-24(31)32/h4-11,17H,12-16,18H2,1-3H3,(H,29,30)(H,31,32). The van der Waals surface area contributed by atoms with Gasteiger partial charge in [-0.2, -0.15) is 0 Å². The summed E-state index contributed by atoms with van der Waals surface area (Å²) in [6, 6.07) is 17.5. The summed E-state index contributed by atoms with van der Waals surface area (Å²) in [4.78, 5) is 15.6. The maximum absolute atomic E-state index is 11.2. The number of anilines is 2. The number of hydrogen-bond acceptors (Lipinski definition) is 5. The van der Waals surface area contributed by atoms with Gasteiger partial charge in [-0.1, -0.05) is 57.2 Å². The first kappa shape index (κ1) is 22.7. The Balaban J connectivity index is 1.25. The molecule has 6 heteroatoms. The second-order valence-electron chi connectivity index (χ2n) is 10.9. The number of nitrogens with zero attached hydrogens (tertiary/aromatic N) is 1. The second kappa shape index (κ2) is 8.27. The van der Waals surface area contributed by atoms with Crippen LogP contribution in [0.3, 0.4) is 0 Å². The summed E-state index contributed by atoms with van der Waals surface area (Å²) < 4.78 is 12.0. The van der Waals surface area contributed by atoms with Gasteiger partial charge in [0.15, 0.2) is 0 Å². The minimum Gasteiger partial charge on any atom is -0.481 e. The molecule has 1 saturated carbocycles. The number of rotatable bonds is 6. The van der Waals surface area contributed by atoms with Crippen molar-refractivity contribution in [2.45, 2.75) is 69.3 Å². The van der Waals surface area contributed by atoms with E-state index in [1.54, 1.807) is 6.20 Å². The molecule has 0 unspecified atom stereocenters. The van der Waals surface area contributed by atoms with Gasteiger partial charge in [0.1, 0.15) is 5.76 Å². The van der Waals surface area contributed by atoms with E-state index in [4.69, 9.17) is 9.15 Å². The van der Waals surface area contributed by atoms with Crippen LogP contribution in [0.25, 0.3) is 11.1 Å². The smallest absolute Gasteiger partial charge is 0.306 e. The lowest BCUT2D eigenvalue weighted by Crippen LogP contribution is -2.54. The molecular weight excluding hydrogens is 428 g/mol. The van der Waals surface area contributed by atoms with E-state index in [0.29, 0.717) is 12.6 Å². The van der Waals surface area contributed by atoms with E-state index in [9.17, 15) is 9.90 Å². The fraction of sp³-hybridized carbons (Fsp3) is 0.429. The first-order valence-corrected chi connectivity index (χ1v) is 12.0. The van der Waals surface area contributed by atoms with Gasteiger partial charge in [0.05, 0.1) is 24.8 Å². The van der Waals surface area contributed by atoms with Crippen molar-refractivity contribution in [2.75, 3.05) is 11.9 Å². The van der Waals surface area contributed by atoms with Crippen LogP contribution in [0.1, 0.15) is 64.2 Å². The van der Waals surface area contributed by atoms with Gasteiger partial charge in [-0.3, -0.25) is 4.79 Å². The molecule has 3 heterocycles. The largest absolute Gasteiger partial charge is 0.481 e. The van der Waals surface area contributed by atoms with E-state index in [1.807, 2.05) is 12.1 Å². The van der Waals surface area contributed by atoms with Crippen LogP contribution in [0.4, 0.5) is 11.7 Å². The molecule has 34 heavy (non-hydrogen) atoms. The Hall–Kier alpha value is -3.12. The number of oxazole rings is 1. The third kappa shape index (κ3) is 4.34. The van der Waals surface area contributed by atoms with Crippen molar-refractivity contribution in [1.82, 2.24) is 4.98 Å². The first-order chi connectivity index (χ1) is 16.2. The van der Waals surface area contributed by atoms with Gasteiger partial charge in [-0.25, -0.2) is 4.98 Å². The van der Waals surface area contributed by atoms with Crippen LogP contribution in [-0.4, -0.2) is 28.3 Å². The van der Waals surface area contributed by atoms with Gasteiger partial charge in [-0.15, -0.1) is 0 Å². The number of carboxylic acid groups (broad SMARTS) is 1. The number of carboxylic acids is 1. The molecule has 2 aromatic carbocycles. The summed E-state index contributed by atoms with van der Waals surface area (Å²) in [5.74, 6) is 0.0788. The van der Waals surface area contributed by atoms with Gasteiger partial charge in [-0.05, 0) is 54.5 Å². The zero-order valence-electron chi connectivity index (χ0n) is 20.1. The number of fused-ring (bicyclic) bond motifs is 3. The van der Waals surface area contributed by atoms with Crippen molar-refractivity contribution < 1.29 is 19.1 Å². The Bertz CT molecular complexity index is 1150. The lowest BCUT2D eigenvalue weighted by atomic mass is 9.62. The Morgan fingerprint density at radius 2 is 1.62 bits per heavy atom. The molecule has 0 radical (unpaired) electrons. The predicted octanol–water partition coefficient (Wildman–Crippen LogP) is 6.44. The lowest BCUT2D eigenvalue weighted by molar-refractivity contribution is -0.174. The highest BCUT2D eigenvalue weighted by Gasteiger charge is 2.51. The average molecular weight is 461 g/mol. The Morgan fingerprint density at radius 1 is 1.00 bits per heavy atom.